The summed E-state index contributed by atoms with van der Waals surface area (Å²) in [7, 11) is 0. The lowest BCUT2D eigenvalue weighted by Crippen LogP contribution is -2.30. The van der Waals surface area contributed by atoms with Crippen molar-refractivity contribution in [2.75, 3.05) is 18.4 Å². The highest BCUT2D eigenvalue weighted by Gasteiger charge is 2.06. The molecule has 0 aromatic heterocycles. The number of nitrogens with zero attached hydrogens (tertiary/aromatic N) is 1. The molecule has 0 saturated heterocycles. The molecule has 22 heavy (non-hydrogen) atoms. The summed E-state index contributed by atoms with van der Waals surface area (Å²) in [6, 6.07) is 7.06. The molecule has 2 N–H and O–H groups in total. The zero-order valence-electron chi connectivity index (χ0n) is 12.5. The maximum Gasteiger partial charge on any atom is 0.239 e. The van der Waals surface area contributed by atoms with Gasteiger partial charge in [0.05, 0.1) is 17.1 Å². The molecule has 0 bridgehead atoms. The Morgan fingerprint density at radius 2 is 2.23 bits per heavy atom. The van der Waals surface area contributed by atoms with Crippen LogP contribution in [-0.2, 0) is 4.79 Å². The number of anilines is 1. The second kappa shape index (κ2) is 8.45. The Morgan fingerprint density at radius 1 is 1.36 bits per heavy atom. The van der Waals surface area contributed by atoms with Crippen molar-refractivity contribution in [3.8, 4) is 6.07 Å². The van der Waals surface area contributed by atoms with Crippen molar-refractivity contribution in [1.29, 1.82) is 5.26 Å². The number of allylic oxidation sites excluding steroid dienone is 1. The Kier molecular flexibility index (Phi) is 6.29. The summed E-state index contributed by atoms with van der Waals surface area (Å²) in [4.78, 5) is 11.8. The number of rotatable bonds is 6. The van der Waals surface area contributed by atoms with E-state index in [4.69, 9.17) is 16.9 Å². The molecule has 1 amide bonds. The fourth-order valence-corrected chi connectivity index (χ4v) is 2.62. The van der Waals surface area contributed by atoms with Crippen molar-refractivity contribution in [3.63, 3.8) is 0 Å². The third kappa shape index (κ3) is 5.09. The average molecular weight is 318 g/mol. The Hall–Kier alpha value is -1.99. The Bertz CT molecular complexity index is 604. The minimum absolute atomic E-state index is 0.0510. The first kappa shape index (κ1) is 16.4. The highest BCUT2D eigenvalue weighted by molar-refractivity contribution is 6.31. The van der Waals surface area contributed by atoms with E-state index in [0.29, 0.717) is 22.8 Å². The summed E-state index contributed by atoms with van der Waals surface area (Å²) in [6.07, 6.45) is 8.11. The van der Waals surface area contributed by atoms with Gasteiger partial charge >= 0.3 is 0 Å². The number of carbonyl (C=O) groups excluding carboxylic acids is 1. The fraction of sp³-hybridized carbons (Fsp3) is 0.412. The predicted molar refractivity (Wildman–Crippen MR) is 88.8 cm³/mol. The Labute approximate surface area is 136 Å². The normalized spacial score (nSPS) is 13.9. The van der Waals surface area contributed by atoms with Crippen LogP contribution in [0.2, 0.25) is 5.02 Å². The first-order valence-corrected chi connectivity index (χ1v) is 7.95. The highest BCUT2D eigenvalue weighted by atomic mass is 35.5. The summed E-state index contributed by atoms with van der Waals surface area (Å²) in [5.74, 6) is -0.0510. The summed E-state index contributed by atoms with van der Waals surface area (Å²) >= 11 is 5.87. The Morgan fingerprint density at radius 3 is 2.95 bits per heavy atom. The van der Waals surface area contributed by atoms with E-state index in [-0.39, 0.29) is 12.5 Å². The number of hydrogen-bond acceptors (Lipinski definition) is 3. The van der Waals surface area contributed by atoms with Crippen LogP contribution in [0.1, 0.15) is 37.7 Å². The van der Waals surface area contributed by atoms with Crippen LogP contribution in [-0.4, -0.2) is 19.0 Å². The van der Waals surface area contributed by atoms with Crippen LogP contribution in [0.15, 0.2) is 29.8 Å². The third-order valence-electron chi connectivity index (χ3n) is 3.69. The minimum atomic E-state index is -0.0510. The van der Waals surface area contributed by atoms with Crippen molar-refractivity contribution in [2.45, 2.75) is 32.1 Å². The number of halogens is 1. The molecule has 1 aliphatic carbocycles. The van der Waals surface area contributed by atoms with Gasteiger partial charge in [-0.25, -0.2) is 0 Å². The number of nitriles is 1. The lowest BCUT2D eigenvalue weighted by atomic mass is 9.97. The zero-order valence-corrected chi connectivity index (χ0v) is 13.2. The van der Waals surface area contributed by atoms with Crippen LogP contribution in [0.25, 0.3) is 0 Å². The number of benzene rings is 1. The maximum atomic E-state index is 11.8. The second-order valence-electron chi connectivity index (χ2n) is 5.37. The van der Waals surface area contributed by atoms with E-state index < -0.39 is 0 Å². The van der Waals surface area contributed by atoms with E-state index >= 15 is 0 Å². The number of amides is 1. The van der Waals surface area contributed by atoms with Gasteiger partial charge in [0.25, 0.3) is 0 Å². The summed E-state index contributed by atoms with van der Waals surface area (Å²) in [5, 5.41) is 15.2. The molecule has 1 aliphatic rings. The average Bonchev–Trinajstić information content (AvgIpc) is 2.55. The molecular formula is C17H20ClN3O. The molecule has 0 unspecified atom stereocenters. The second-order valence-corrected chi connectivity index (χ2v) is 5.78. The van der Waals surface area contributed by atoms with Gasteiger partial charge in [0.2, 0.25) is 5.91 Å². The molecule has 5 heteroatoms. The first-order valence-electron chi connectivity index (χ1n) is 7.57. The smallest absolute Gasteiger partial charge is 0.239 e. The van der Waals surface area contributed by atoms with Gasteiger partial charge < -0.3 is 10.6 Å². The van der Waals surface area contributed by atoms with Crippen LogP contribution < -0.4 is 10.6 Å². The summed E-state index contributed by atoms with van der Waals surface area (Å²) in [5.41, 5.74) is 2.57. The van der Waals surface area contributed by atoms with Gasteiger partial charge in [-0.2, -0.15) is 5.26 Å². The van der Waals surface area contributed by atoms with Gasteiger partial charge in [0, 0.05) is 12.2 Å². The van der Waals surface area contributed by atoms with E-state index in [1.165, 1.54) is 24.8 Å². The molecule has 4 nitrogen and oxygen atoms in total. The van der Waals surface area contributed by atoms with Gasteiger partial charge in [-0.3, -0.25) is 4.79 Å². The van der Waals surface area contributed by atoms with Crippen LogP contribution in [0.5, 0.6) is 0 Å². The van der Waals surface area contributed by atoms with Gasteiger partial charge in [0.1, 0.15) is 6.07 Å². The van der Waals surface area contributed by atoms with E-state index in [2.05, 4.69) is 16.7 Å². The van der Waals surface area contributed by atoms with Gasteiger partial charge in [-0.1, -0.05) is 23.3 Å². The van der Waals surface area contributed by atoms with Crippen molar-refractivity contribution >= 4 is 23.2 Å². The van der Waals surface area contributed by atoms with Gasteiger partial charge in [-0.05, 0) is 50.3 Å². The molecule has 1 aromatic rings. The number of hydrogen-bond donors (Lipinski definition) is 2. The summed E-state index contributed by atoms with van der Waals surface area (Å²) < 4.78 is 0. The third-order valence-corrected chi connectivity index (χ3v) is 4.02. The van der Waals surface area contributed by atoms with Crippen LogP contribution in [0.4, 0.5) is 5.69 Å². The minimum Gasteiger partial charge on any atom is -0.376 e. The zero-order chi connectivity index (χ0) is 15.8. The molecule has 0 aliphatic heterocycles. The SMILES string of the molecule is N#Cc1cc(NCC(=O)NCCC2=CCCCC2)ccc1Cl. The predicted octanol–water partition coefficient (Wildman–Crippen LogP) is 3.63. The van der Waals surface area contributed by atoms with E-state index in [1.807, 2.05) is 6.07 Å². The molecule has 1 aromatic carbocycles. The molecular weight excluding hydrogens is 298 g/mol. The summed E-state index contributed by atoms with van der Waals surface area (Å²) in [6.45, 7) is 0.863. The maximum absolute atomic E-state index is 11.8. The van der Waals surface area contributed by atoms with Crippen molar-refractivity contribution in [2.24, 2.45) is 0 Å². The van der Waals surface area contributed by atoms with Gasteiger partial charge in [0.15, 0.2) is 0 Å². The molecule has 0 saturated carbocycles. The van der Waals surface area contributed by atoms with E-state index in [9.17, 15) is 4.79 Å². The Balaban J connectivity index is 1.71. The van der Waals surface area contributed by atoms with Crippen LogP contribution in [0, 0.1) is 11.3 Å². The first-order chi connectivity index (χ1) is 10.7. The van der Waals surface area contributed by atoms with Crippen LogP contribution >= 0.6 is 11.6 Å². The largest absolute Gasteiger partial charge is 0.376 e. The molecule has 116 valence electrons. The number of nitrogens with one attached hydrogen (secondary N) is 2. The quantitative estimate of drug-likeness (QED) is 0.787. The van der Waals surface area contributed by atoms with Gasteiger partial charge in [-0.15, -0.1) is 0 Å². The highest BCUT2D eigenvalue weighted by Crippen LogP contribution is 2.20. The molecule has 0 spiro atoms. The fourth-order valence-electron chi connectivity index (χ4n) is 2.46. The van der Waals surface area contributed by atoms with Crippen molar-refractivity contribution < 1.29 is 4.79 Å². The molecule has 0 fully saturated rings. The standard InChI is InChI=1S/C17H20ClN3O/c18-16-7-6-15(10-14(16)11-19)21-12-17(22)20-9-8-13-4-2-1-3-5-13/h4,6-7,10,21H,1-3,5,8-9,12H2,(H,20,22). The van der Waals surface area contributed by atoms with E-state index in [1.54, 1.807) is 18.2 Å². The molecule has 0 heterocycles. The van der Waals surface area contributed by atoms with Crippen molar-refractivity contribution in [1.82, 2.24) is 5.32 Å². The van der Waals surface area contributed by atoms with E-state index in [0.717, 1.165) is 12.8 Å². The monoisotopic (exact) mass is 317 g/mol. The number of carbonyl (C=O) groups is 1. The topological polar surface area (TPSA) is 64.9 Å². The van der Waals surface area contributed by atoms with Crippen molar-refractivity contribution in [3.05, 3.63) is 40.4 Å². The molecule has 2 rings (SSSR count). The molecule has 0 atom stereocenters. The lowest BCUT2D eigenvalue weighted by Gasteiger charge is -2.13. The lowest BCUT2D eigenvalue weighted by molar-refractivity contribution is -0.119. The molecule has 0 radical (unpaired) electrons. The van der Waals surface area contributed by atoms with Crippen LogP contribution in [0.3, 0.4) is 0 Å².